The third kappa shape index (κ3) is 3.92. The molecule has 2 amide bonds. The Labute approximate surface area is 170 Å². The van der Waals surface area contributed by atoms with Gasteiger partial charge in [-0.25, -0.2) is 4.79 Å². The number of amides is 2. The Morgan fingerprint density at radius 3 is 2.62 bits per heavy atom. The molecule has 1 aliphatic heterocycles. The summed E-state index contributed by atoms with van der Waals surface area (Å²) in [6.45, 7) is 1.42. The molecule has 0 saturated heterocycles. The van der Waals surface area contributed by atoms with Gasteiger partial charge in [-0.2, -0.15) is 0 Å². The van der Waals surface area contributed by atoms with Crippen LogP contribution in [-0.4, -0.2) is 36.3 Å². The zero-order valence-corrected chi connectivity index (χ0v) is 16.7. The lowest BCUT2D eigenvalue weighted by Crippen LogP contribution is -2.44. The number of nitrogens with zero attached hydrogens (tertiary/aromatic N) is 2. The van der Waals surface area contributed by atoms with Gasteiger partial charge in [0, 0.05) is 31.0 Å². The van der Waals surface area contributed by atoms with Crippen LogP contribution in [0.25, 0.3) is 0 Å². The number of carbonyl (C=O) groups is 1. The first-order valence-corrected chi connectivity index (χ1v) is 9.68. The van der Waals surface area contributed by atoms with Crippen LogP contribution in [0.15, 0.2) is 66.9 Å². The molecule has 0 spiro atoms. The molecular formula is C23H25N3O3. The summed E-state index contributed by atoms with van der Waals surface area (Å²) in [5, 5.41) is 3.02. The van der Waals surface area contributed by atoms with E-state index in [0.29, 0.717) is 23.7 Å². The second kappa shape index (κ2) is 8.31. The summed E-state index contributed by atoms with van der Waals surface area (Å²) in [5.41, 5.74) is 2.97. The van der Waals surface area contributed by atoms with E-state index >= 15 is 0 Å². The van der Waals surface area contributed by atoms with E-state index in [0.717, 1.165) is 18.7 Å². The molecule has 0 saturated carbocycles. The predicted octanol–water partition coefficient (Wildman–Crippen LogP) is 4.34. The first kappa shape index (κ1) is 18.9. The Hall–Kier alpha value is -3.41. The summed E-state index contributed by atoms with van der Waals surface area (Å²) in [5.74, 6) is 1.25. The molecule has 1 aromatic heterocycles. The largest absolute Gasteiger partial charge is 0.497 e. The first-order valence-electron chi connectivity index (χ1n) is 9.68. The van der Waals surface area contributed by atoms with Gasteiger partial charge in [0.15, 0.2) is 0 Å². The van der Waals surface area contributed by atoms with Crippen molar-refractivity contribution in [3.05, 3.63) is 78.1 Å². The molecule has 0 radical (unpaired) electrons. The van der Waals surface area contributed by atoms with E-state index in [-0.39, 0.29) is 12.1 Å². The average molecular weight is 391 g/mol. The van der Waals surface area contributed by atoms with E-state index < -0.39 is 0 Å². The second-order valence-corrected chi connectivity index (χ2v) is 7.02. The molecule has 3 aromatic rings. The van der Waals surface area contributed by atoms with Crippen LogP contribution in [0.3, 0.4) is 0 Å². The van der Waals surface area contributed by atoms with E-state index in [9.17, 15) is 4.79 Å². The van der Waals surface area contributed by atoms with Gasteiger partial charge in [0.05, 0.1) is 25.9 Å². The van der Waals surface area contributed by atoms with Gasteiger partial charge in [-0.1, -0.05) is 30.3 Å². The third-order valence-electron chi connectivity index (χ3n) is 5.35. The number of ether oxygens (including phenoxy) is 2. The number of benzene rings is 2. The normalized spacial score (nSPS) is 15.5. The van der Waals surface area contributed by atoms with Crippen molar-refractivity contribution in [3.63, 3.8) is 0 Å². The van der Waals surface area contributed by atoms with Gasteiger partial charge >= 0.3 is 6.03 Å². The van der Waals surface area contributed by atoms with Crippen molar-refractivity contribution in [3.8, 4) is 11.5 Å². The molecule has 1 N–H and O–H groups in total. The molecule has 2 aromatic carbocycles. The Morgan fingerprint density at radius 2 is 1.86 bits per heavy atom. The highest BCUT2D eigenvalue weighted by Gasteiger charge is 2.31. The van der Waals surface area contributed by atoms with Crippen LogP contribution in [0.2, 0.25) is 0 Å². The molecule has 29 heavy (non-hydrogen) atoms. The summed E-state index contributed by atoms with van der Waals surface area (Å²) in [4.78, 5) is 15.1. The Bertz CT molecular complexity index is 984. The third-order valence-corrected chi connectivity index (χ3v) is 5.35. The molecule has 0 bridgehead atoms. The highest BCUT2D eigenvalue weighted by molar-refractivity contribution is 5.91. The number of nitrogens with one attached hydrogen (secondary N) is 1. The van der Waals surface area contributed by atoms with Gasteiger partial charge < -0.3 is 24.3 Å². The highest BCUT2D eigenvalue weighted by Crippen LogP contribution is 2.32. The number of carbonyl (C=O) groups excluding carboxylic acids is 1. The van der Waals surface area contributed by atoms with E-state index in [1.807, 2.05) is 29.2 Å². The monoisotopic (exact) mass is 391 g/mol. The lowest BCUT2D eigenvalue weighted by Gasteiger charge is -2.37. The van der Waals surface area contributed by atoms with Gasteiger partial charge in [-0.05, 0) is 36.2 Å². The van der Waals surface area contributed by atoms with Crippen molar-refractivity contribution >= 4 is 11.7 Å². The minimum atomic E-state index is -0.137. The molecule has 6 nitrogen and oxygen atoms in total. The fraction of sp³-hybridized carbons (Fsp3) is 0.261. The van der Waals surface area contributed by atoms with Gasteiger partial charge in [0.1, 0.15) is 11.5 Å². The molecule has 0 unspecified atom stereocenters. The second-order valence-electron chi connectivity index (χ2n) is 7.02. The zero-order valence-electron chi connectivity index (χ0n) is 16.7. The summed E-state index contributed by atoms with van der Waals surface area (Å²) in [6, 6.07) is 19.6. The maximum atomic E-state index is 13.2. The molecule has 1 aliphatic rings. The number of urea groups is 1. The zero-order chi connectivity index (χ0) is 20.2. The number of hydrogen-bond acceptors (Lipinski definition) is 3. The SMILES string of the molecule is COc1ccc(NC(=O)N2CCn3cccc3[C@H]2Cc2ccccc2)c(OC)c1. The van der Waals surface area contributed by atoms with Crippen LogP contribution in [0.4, 0.5) is 10.5 Å². The fourth-order valence-corrected chi connectivity index (χ4v) is 3.85. The van der Waals surface area contributed by atoms with Crippen LogP contribution in [0, 0.1) is 0 Å². The molecule has 1 atom stereocenters. The summed E-state index contributed by atoms with van der Waals surface area (Å²) < 4.78 is 12.9. The lowest BCUT2D eigenvalue weighted by atomic mass is 10.0. The maximum absolute atomic E-state index is 13.2. The number of fused-ring (bicyclic) bond motifs is 1. The molecule has 150 valence electrons. The van der Waals surface area contributed by atoms with Gasteiger partial charge in [-0.15, -0.1) is 0 Å². The minimum absolute atomic E-state index is 0.0367. The molecule has 0 fully saturated rings. The highest BCUT2D eigenvalue weighted by atomic mass is 16.5. The molecule has 0 aliphatic carbocycles. The quantitative estimate of drug-likeness (QED) is 0.704. The van der Waals surface area contributed by atoms with Crippen LogP contribution in [-0.2, 0) is 13.0 Å². The lowest BCUT2D eigenvalue weighted by molar-refractivity contribution is 0.167. The summed E-state index contributed by atoms with van der Waals surface area (Å²) in [7, 11) is 3.18. The van der Waals surface area contributed by atoms with E-state index in [2.05, 4.69) is 34.3 Å². The number of rotatable bonds is 5. The van der Waals surface area contributed by atoms with Crippen molar-refractivity contribution in [2.45, 2.75) is 19.0 Å². The molecule has 4 rings (SSSR count). The van der Waals surface area contributed by atoms with Gasteiger partial charge in [0.2, 0.25) is 0 Å². The van der Waals surface area contributed by atoms with Crippen molar-refractivity contribution in [2.24, 2.45) is 0 Å². The van der Waals surface area contributed by atoms with E-state index in [1.54, 1.807) is 32.4 Å². The standard InChI is InChI=1S/C23H25N3O3/c1-28-18-10-11-19(22(16-18)29-2)24-23(27)26-14-13-25-12-6-9-20(25)21(26)15-17-7-4-3-5-8-17/h3-12,16,21H,13-15H2,1-2H3,(H,24,27)/t21-/m1/s1. The molecular weight excluding hydrogens is 366 g/mol. The summed E-state index contributed by atoms with van der Waals surface area (Å²) >= 11 is 0. The Kier molecular flexibility index (Phi) is 5.42. The topological polar surface area (TPSA) is 55.7 Å². The predicted molar refractivity (Wildman–Crippen MR) is 113 cm³/mol. The van der Waals surface area contributed by atoms with E-state index in [1.165, 1.54) is 5.56 Å². The number of methoxy groups -OCH3 is 2. The minimum Gasteiger partial charge on any atom is -0.497 e. The number of anilines is 1. The summed E-state index contributed by atoms with van der Waals surface area (Å²) in [6.07, 6.45) is 2.84. The fourth-order valence-electron chi connectivity index (χ4n) is 3.85. The van der Waals surface area contributed by atoms with Gasteiger partial charge in [-0.3, -0.25) is 0 Å². The smallest absolute Gasteiger partial charge is 0.322 e. The van der Waals surface area contributed by atoms with Crippen molar-refractivity contribution in [1.29, 1.82) is 0 Å². The maximum Gasteiger partial charge on any atom is 0.322 e. The van der Waals surface area contributed by atoms with Crippen LogP contribution < -0.4 is 14.8 Å². The Balaban J connectivity index is 1.59. The van der Waals surface area contributed by atoms with Crippen molar-refractivity contribution < 1.29 is 14.3 Å². The van der Waals surface area contributed by atoms with Crippen LogP contribution >= 0.6 is 0 Å². The van der Waals surface area contributed by atoms with Crippen molar-refractivity contribution in [2.75, 3.05) is 26.1 Å². The van der Waals surface area contributed by atoms with Crippen molar-refractivity contribution in [1.82, 2.24) is 9.47 Å². The average Bonchev–Trinajstić information content (AvgIpc) is 3.24. The first-order chi connectivity index (χ1) is 14.2. The molecule has 6 heteroatoms. The van der Waals surface area contributed by atoms with Crippen LogP contribution in [0.1, 0.15) is 17.3 Å². The number of aromatic nitrogens is 1. The number of hydrogen-bond donors (Lipinski definition) is 1. The molecule has 2 heterocycles. The Morgan fingerprint density at radius 1 is 1.03 bits per heavy atom. The van der Waals surface area contributed by atoms with Gasteiger partial charge in [0.25, 0.3) is 0 Å². The van der Waals surface area contributed by atoms with Crippen LogP contribution in [0.5, 0.6) is 11.5 Å². The van der Waals surface area contributed by atoms with E-state index in [4.69, 9.17) is 9.47 Å².